The molecule has 148 valence electrons. The van der Waals surface area contributed by atoms with Crippen LogP contribution >= 0.6 is 0 Å². The first-order valence-corrected chi connectivity index (χ1v) is 8.19. The predicted molar refractivity (Wildman–Crippen MR) is 97.9 cm³/mol. The van der Waals surface area contributed by atoms with Crippen molar-refractivity contribution < 1.29 is 27.3 Å². The number of anilines is 1. The number of hydrogen-bond donors (Lipinski definition) is 1. The van der Waals surface area contributed by atoms with Crippen molar-refractivity contribution in [2.24, 2.45) is 0 Å². The number of nitrogens with one attached hydrogen (secondary N) is 1. The molecule has 0 saturated heterocycles. The molecule has 0 bridgehead atoms. The predicted octanol–water partition coefficient (Wildman–Crippen LogP) is 5.67. The van der Waals surface area contributed by atoms with Gasteiger partial charge in [-0.15, -0.1) is 0 Å². The van der Waals surface area contributed by atoms with Crippen LogP contribution < -0.4 is 5.32 Å². The number of nitrogens with zero attached hydrogens (tertiary/aromatic N) is 1. The average molecular weight is 404 g/mol. The Hall–Kier alpha value is -3.75. The number of carbonyl (C=O) groups is 1. The second-order valence-electron chi connectivity index (χ2n) is 6.00. The van der Waals surface area contributed by atoms with Gasteiger partial charge in [-0.05, 0) is 35.4 Å². The van der Waals surface area contributed by atoms with Gasteiger partial charge in [-0.1, -0.05) is 30.3 Å². The van der Waals surface area contributed by atoms with Crippen molar-refractivity contribution in [2.45, 2.75) is 6.18 Å². The molecule has 3 aromatic rings. The van der Waals surface area contributed by atoms with E-state index in [0.29, 0.717) is 11.1 Å². The van der Waals surface area contributed by atoms with E-state index in [1.165, 1.54) is 30.3 Å². The summed E-state index contributed by atoms with van der Waals surface area (Å²) in [6.45, 7) is 0. The summed E-state index contributed by atoms with van der Waals surface area (Å²) in [4.78, 5) is 22.8. The number of nitro groups is 1. The molecule has 0 fully saturated rings. The molecule has 0 saturated carbocycles. The third kappa shape index (κ3) is 4.40. The Kier molecular flexibility index (Phi) is 5.31. The largest absolute Gasteiger partial charge is 0.416 e. The number of halogens is 4. The molecule has 1 amide bonds. The van der Waals surface area contributed by atoms with Gasteiger partial charge in [0.05, 0.1) is 16.2 Å². The minimum atomic E-state index is -4.49. The minimum Gasteiger partial charge on any atom is -0.319 e. The van der Waals surface area contributed by atoms with Crippen LogP contribution in [0.3, 0.4) is 0 Å². The third-order valence-electron chi connectivity index (χ3n) is 4.10. The van der Waals surface area contributed by atoms with Gasteiger partial charge in [-0.3, -0.25) is 14.9 Å². The SMILES string of the molecule is O=C(Nc1cc([N+](=O)[O-])ccc1F)c1ccccc1-c1ccc(C(F)(F)F)cc1. The van der Waals surface area contributed by atoms with Crippen LogP contribution in [0.25, 0.3) is 11.1 Å². The highest BCUT2D eigenvalue weighted by Crippen LogP contribution is 2.32. The van der Waals surface area contributed by atoms with Gasteiger partial charge in [0, 0.05) is 17.7 Å². The Morgan fingerprint density at radius 3 is 2.24 bits per heavy atom. The monoisotopic (exact) mass is 404 g/mol. The van der Waals surface area contributed by atoms with Gasteiger partial charge in [0.2, 0.25) is 0 Å². The Labute approximate surface area is 161 Å². The maximum absolute atomic E-state index is 13.9. The maximum Gasteiger partial charge on any atom is 0.416 e. The van der Waals surface area contributed by atoms with E-state index in [1.54, 1.807) is 6.07 Å². The average Bonchev–Trinajstić information content (AvgIpc) is 2.69. The van der Waals surface area contributed by atoms with Crippen LogP contribution in [0.2, 0.25) is 0 Å². The van der Waals surface area contributed by atoms with Crippen molar-refractivity contribution in [3.63, 3.8) is 0 Å². The molecule has 0 unspecified atom stereocenters. The Morgan fingerprint density at radius 2 is 1.62 bits per heavy atom. The number of alkyl halides is 3. The van der Waals surface area contributed by atoms with Gasteiger partial charge >= 0.3 is 6.18 Å². The van der Waals surface area contributed by atoms with Crippen molar-refractivity contribution in [3.05, 3.63) is 93.8 Å². The highest BCUT2D eigenvalue weighted by atomic mass is 19.4. The summed E-state index contributed by atoms with van der Waals surface area (Å²) in [5, 5.41) is 13.1. The molecular weight excluding hydrogens is 392 g/mol. The van der Waals surface area contributed by atoms with Crippen molar-refractivity contribution in [1.82, 2.24) is 0 Å². The van der Waals surface area contributed by atoms with E-state index in [1.807, 2.05) is 0 Å². The van der Waals surface area contributed by atoms with Gasteiger partial charge in [0.1, 0.15) is 5.82 Å². The lowest BCUT2D eigenvalue weighted by Crippen LogP contribution is -2.14. The third-order valence-corrected chi connectivity index (χ3v) is 4.10. The summed E-state index contributed by atoms with van der Waals surface area (Å²) < 4.78 is 52.2. The summed E-state index contributed by atoms with van der Waals surface area (Å²) in [5.74, 6) is -1.63. The first-order chi connectivity index (χ1) is 13.7. The first kappa shape index (κ1) is 20.0. The van der Waals surface area contributed by atoms with Crippen molar-refractivity contribution in [1.29, 1.82) is 0 Å². The van der Waals surface area contributed by atoms with E-state index < -0.39 is 34.1 Å². The lowest BCUT2D eigenvalue weighted by atomic mass is 9.98. The zero-order chi connectivity index (χ0) is 21.2. The molecule has 29 heavy (non-hydrogen) atoms. The Morgan fingerprint density at radius 1 is 0.966 bits per heavy atom. The van der Waals surface area contributed by atoms with E-state index in [-0.39, 0.29) is 11.3 Å². The molecule has 1 N–H and O–H groups in total. The quantitative estimate of drug-likeness (QED) is 0.346. The minimum absolute atomic E-state index is 0.0677. The van der Waals surface area contributed by atoms with Crippen molar-refractivity contribution in [3.8, 4) is 11.1 Å². The molecule has 0 aliphatic rings. The zero-order valence-corrected chi connectivity index (χ0v) is 14.5. The summed E-state index contributed by atoms with van der Waals surface area (Å²) in [5.41, 5.74) is -0.878. The van der Waals surface area contributed by atoms with Crippen LogP contribution in [-0.4, -0.2) is 10.8 Å². The Balaban J connectivity index is 1.94. The Bertz CT molecular complexity index is 1080. The molecule has 0 heterocycles. The molecule has 0 aliphatic heterocycles. The van der Waals surface area contributed by atoms with Gasteiger partial charge in [0.25, 0.3) is 11.6 Å². The normalized spacial score (nSPS) is 11.2. The molecule has 3 aromatic carbocycles. The lowest BCUT2D eigenvalue weighted by Gasteiger charge is -2.12. The fraction of sp³-hybridized carbons (Fsp3) is 0.0500. The standard InChI is InChI=1S/C20H12F4N2O3/c21-17-10-9-14(26(28)29)11-18(17)25-19(27)16-4-2-1-3-15(16)12-5-7-13(8-6-12)20(22,23)24/h1-11H,(H,25,27). The van der Waals surface area contributed by atoms with Gasteiger partial charge in [-0.25, -0.2) is 4.39 Å². The molecule has 0 spiro atoms. The molecule has 0 radical (unpaired) electrons. The fourth-order valence-corrected chi connectivity index (χ4v) is 2.68. The van der Waals surface area contributed by atoms with E-state index in [9.17, 15) is 32.5 Å². The number of rotatable bonds is 4. The first-order valence-electron chi connectivity index (χ1n) is 8.19. The summed E-state index contributed by atoms with van der Waals surface area (Å²) in [6.07, 6.45) is -4.49. The van der Waals surface area contributed by atoms with E-state index >= 15 is 0 Å². The molecule has 0 aliphatic carbocycles. The number of carbonyl (C=O) groups excluding carboxylic acids is 1. The zero-order valence-electron chi connectivity index (χ0n) is 14.5. The number of hydrogen-bond acceptors (Lipinski definition) is 3. The molecule has 0 atom stereocenters. The van der Waals surface area contributed by atoms with Crippen molar-refractivity contribution in [2.75, 3.05) is 5.32 Å². The molecular formula is C20H12F4N2O3. The number of non-ortho nitro benzene ring substituents is 1. The summed E-state index contributed by atoms with van der Waals surface area (Å²) >= 11 is 0. The van der Waals surface area contributed by atoms with Gasteiger partial charge in [-0.2, -0.15) is 13.2 Å². The van der Waals surface area contributed by atoms with Crippen molar-refractivity contribution >= 4 is 17.3 Å². The van der Waals surface area contributed by atoms with Crippen LogP contribution in [0.5, 0.6) is 0 Å². The summed E-state index contributed by atoms with van der Waals surface area (Å²) in [6, 6.07) is 13.0. The highest BCUT2D eigenvalue weighted by Gasteiger charge is 2.30. The van der Waals surface area contributed by atoms with Crippen LogP contribution in [-0.2, 0) is 6.18 Å². The van der Waals surface area contributed by atoms with E-state index in [4.69, 9.17) is 0 Å². The van der Waals surface area contributed by atoms with E-state index in [2.05, 4.69) is 5.32 Å². The molecule has 0 aromatic heterocycles. The molecule has 5 nitrogen and oxygen atoms in total. The number of benzene rings is 3. The maximum atomic E-state index is 13.9. The van der Waals surface area contributed by atoms with E-state index in [0.717, 1.165) is 30.3 Å². The van der Waals surface area contributed by atoms with Crippen LogP contribution in [0.4, 0.5) is 28.9 Å². The molecule has 3 rings (SSSR count). The highest BCUT2D eigenvalue weighted by molar-refractivity contribution is 6.08. The fourth-order valence-electron chi connectivity index (χ4n) is 2.68. The molecule has 9 heteroatoms. The van der Waals surface area contributed by atoms with Crippen LogP contribution in [0.1, 0.15) is 15.9 Å². The smallest absolute Gasteiger partial charge is 0.319 e. The second kappa shape index (κ2) is 7.70. The van der Waals surface area contributed by atoms with Crippen LogP contribution in [0, 0.1) is 15.9 Å². The lowest BCUT2D eigenvalue weighted by molar-refractivity contribution is -0.384. The number of nitro benzene ring substituents is 1. The second-order valence-corrected chi connectivity index (χ2v) is 6.00. The van der Waals surface area contributed by atoms with Gasteiger partial charge in [0.15, 0.2) is 0 Å². The van der Waals surface area contributed by atoms with Crippen LogP contribution in [0.15, 0.2) is 66.7 Å². The summed E-state index contributed by atoms with van der Waals surface area (Å²) in [7, 11) is 0. The van der Waals surface area contributed by atoms with Gasteiger partial charge < -0.3 is 5.32 Å². The number of amides is 1. The topological polar surface area (TPSA) is 72.2 Å².